The molecule has 0 heterocycles. The summed E-state index contributed by atoms with van der Waals surface area (Å²) in [6.45, 7) is 8.70. The minimum absolute atomic E-state index is 0.00942. The lowest BCUT2D eigenvalue weighted by Gasteiger charge is -2.14. The van der Waals surface area contributed by atoms with E-state index in [1.807, 2.05) is 6.92 Å². The fraction of sp³-hybridized carbons (Fsp3) is 0.800. The van der Waals surface area contributed by atoms with Crippen LogP contribution in [0.5, 0.6) is 0 Å². The van der Waals surface area contributed by atoms with E-state index >= 15 is 0 Å². The van der Waals surface area contributed by atoms with Crippen molar-refractivity contribution in [3.05, 3.63) is 12.3 Å². The zero-order valence-corrected chi connectivity index (χ0v) is 30.2. The highest BCUT2D eigenvalue weighted by molar-refractivity contribution is 5.85. The van der Waals surface area contributed by atoms with Crippen molar-refractivity contribution < 1.29 is 53.1 Å². The summed E-state index contributed by atoms with van der Waals surface area (Å²) in [5, 5.41) is 28.8. The number of carbonyl (C=O) groups excluding carboxylic acids is 3. The summed E-state index contributed by atoms with van der Waals surface area (Å²) in [6, 6.07) is -1.18. The number of ether oxygens (including phenoxy) is 4. The first-order valence-electron chi connectivity index (χ1n) is 18.2. The molecule has 0 aromatic heterocycles. The highest BCUT2D eigenvalue weighted by Gasteiger charge is 2.21. The van der Waals surface area contributed by atoms with Gasteiger partial charge in [0.05, 0.1) is 39.6 Å². The van der Waals surface area contributed by atoms with E-state index < -0.39 is 23.9 Å². The van der Waals surface area contributed by atoms with E-state index in [1.54, 1.807) is 0 Å². The lowest BCUT2D eigenvalue weighted by atomic mass is 10.0. The first-order valence-corrected chi connectivity index (χ1v) is 18.2. The van der Waals surface area contributed by atoms with Crippen LogP contribution in [0.1, 0.15) is 103 Å². The van der Waals surface area contributed by atoms with Crippen LogP contribution in [0.25, 0.3) is 0 Å². The van der Waals surface area contributed by atoms with Crippen molar-refractivity contribution in [2.24, 2.45) is 0 Å². The van der Waals surface area contributed by atoms with Gasteiger partial charge in [0.1, 0.15) is 19.3 Å². The van der Waals surface area contributed by atoms with Gasteiger partial charge in [-0.25, -0.2) is 4.79 Å². The minimum Gasteiger partial charge on any atom is -0.481 e. The number of carboxylic acids is 2. The van der Waals surface area contributed by atoms with Gasteiger partial charge in [-0.05, 0) is 32.1 Å². The van der Waals surface area contributed by atoms with Gasteiger partial charge in [0, 0.05) is 38.2 Å². The number of carboxylic acid groups (broad SMARTS) is 2. The van der Waals surface area contributed by atoms with Crippen molar-refractivity contribution >= 4 is 29.7 Å². The Morgan fingerprint density at radius 2 is 1.04 bits per heavy atom. The molecule has 15 heteroatoms. The molecule has 0 aromatic carbocycles. The molecule has 0 radical (unpaired) electrons. The molecule has 290 valence electrons. The van der Waals surface area contributed by atoms with E-state index in [9.17, 15) is 29.1 Å². The van der Waals surface area contributed by atoms with Crippen molar-refractivity contribution in [2.45, 2.75) is 109 Å². The number of rotatable bonds is 37. The van der Waals surface area contributed by atoms with Crippen molar-refractivity contribution in [1.29, 1.82) is 0 Å². The Kier molecular flexibility index (Phi) is 32.0. The van der Waals surface area contributed by atoms with Gasteiger partial charge in [-0.1, -0.05) is 64.9 Å². The summed E-state index contributed by atoms with van der Waals surface area (Å²) in [6.07, 6.45) is 13.3. The molecule has 0 aliphatic carbocycles. The van der Waals surface area contributed by atoms with Crippen LogP contribution in [-0.2, 0) is 42.9 Å². The highest BCUT2D eigenvalue weighted by Crippen LogP contribution is 2.13. The lowest BCUT2D eigenvalue weighted by Crippen LogP contribution is -2.43. The van der Waals surface area contributed by atoms with Crippen LogP contribution in [-0.4, -0.2) is 118 Å². The first-order chi connectivity index (χ1) is 24.1. The van der Waals surface area contributed by atoms with E-state index in [4.69, 9.17) is 24.1 Å². The predicted octanol–water partition coefficient (Wildman–Crippen LogP) is 2.91. The molecule has 50 heavy (non-hydrogen) atoms. The number of hydrogen-bond acceptors (Lipinski definition) is 10. The molecule has 0 aliphatic rings. The third kappa shape index (κ3) is 33.2. The van der Waals surface area contributed by atoms with E-state index in [1.165, 1.54) is 38.5 Å². The molecule has 0 spiro atoms. The molecule has 0 rings (SSSR count). The highest BCUT2D eigenvalue weighted by atomic mass is 16.5. The van der Waals surface area contributed by atoms with Crippen LogP contribution in [0.15, 0.2) is 12.3 Å². The Labute approximate surface area is 298 Å². The van der Waals surface area contributed by atoms with Gasteiger partial charge in [0.15, 0.2) is 0 Å². The molecule has 3 amide bonds. The van der Waals surface area contributed by atoms with Gasteiger partial charge in [-0.3, -0.25) is 19.2 Å². The maximum atomic E-state index is 12.0. The number of unbranched alkanes of at least 4 members (excludes halogenated alkanes) is 9. The third-order valence-corrected chi connectivity index (χ3v) is 7.39. The molecular formula is C35H64N4O11. The summed E-state index contributed by atoms with van der Waals surface area (Å²) in [4.78, 5) is 57.3. The predicted molar refractivity (Wildman–Crippen MR) is 189 cm³/mol. The maximum Gasteiger partial charge on any atom is 0.326 e. The lowest BCUT2D eigenvalue weighted by molar-refractivity contribution is -0.143. The van der Waals surface area contributed by atoms with Crippen LogP contribution in [0, 0.1) is 0 Å². The molecule has 0 fully saturated rings. The van der Waals surface area contributed by atoms with Crippen LogP contribution in [0.3, 0.4) is 0 Å². The van der Waals surface area contributed by atoms with Crippen molar-refractivity contribution in [1.82, 2.24) is 21.3 Å². The molecule has 0 unspecified atom stereocenters. The van der Waals surface area contributed by atoms with Crippen LogP contribution in [0.4, 0.5) is 0 Å². The van der Waals surface area contributed by atoms with Crippen LogP contribution < -0.4 is 21.3 Å². The van der Waals surface area contributed by atoms with Crippen molar-refractivity contribution in [3.63, 3.8) is 0 Å². The van der Waals surface area contributed by atoms with E-state index in [0.29, 0.717) is 32.9 Å². The Hall–Kier alpha value is -3.27. The molecule has 0 saturated carbocycles. The average molecular weight is 717 g/mol. The Morgan fingerprint density at radius 3 is 1.58 bits per heavy atom. The van der Waals surface area contributed by atoms with Crippen molar-refractivity contribution in [3.8, 4) is 0 Å². The maximum absolute atomic E-state index is 12.0. The number of hydrogen-bond donors (Lipinski definition) is 6. The number of amides is 3. The summed E-state index contributed by atoms with van der Waals surface area (Å²) >= 11 is 0. The van der Waals surface area contributed by atoms with Crippen molar-refractivity contribution in [2.75, 3.05) is 72.5 Å². The van der Waals surface area contributed by atoms with Gasteiger partial charge in [0.25, 0.3) is 0 Å². The molecule has 0 aromatic rings. The van der Waals surface area contributed by atoms with Crippen LogP contribution in [0.2, 0.25) is 0 Å². The fourth-order valence-electron chi connectivity index (χ4n) is 4.62. The minimum atomic E-state index is -1.22. The zero-order chi connectivity index (χ0) is 37.1. The second-order valence-corrected chi connectivity index (χ2v) is 12.0. The second kappa shape index (κ2) is 34.2. The smallest absolute Gasteiger partial charge is 0.326 e. The summed E-state index contributed by atoms with van der Waals surface area (Å²) in [5.74, 6) is -3.07. The monoisotopic (exact) mass is 716 g/mol. The van der Waals surface area contributed by atoms with Gasteiger partial charge in [0.2, 0.25) is 17.7 Å². The number of nitrogens with one attached hydrogen (secondary N) is 4. The summed E-state index contributed by atoms with van der Waals surface area (Å²) in [7, 11) is 0. The summed E-state index contributed by atoms with van der Waals surface area (Å²) < 4.78 is 21.4. The molecule has 15 nitrogen and oxygen atoms in total. The number of allylic oxidation sites excluding steroid dienone is 1. The summed E-state index contributed by atoms with van der Waals surface area (Å²) in [5.41, 5.74) is 1.01. The normalized spacial score (nSPS) is 11.5. The molecule has 0 saturated heterocycles. The topological polar surface area (TPSA) is 211 Å². The van der Waals surface area contributed by atoms with Gasteiger partial charge in [-0.15, -0.1) is 0 Å². The SMILES string of the molecule is C=C(CCCCCCCCCCCCC(=O)O)NCCOCCOCC(=O)NCCOCCOCC(=O)N[C@@H](CCC(=O)NCCC)C(=O)O. The van der Waals surface area contributed by atoms with E-state index in [0.717, 1.165) is 44.2 Å². The largest absolute Gasteiger partial charge is 0.481 e. The number of aliphatic carboxylic acids is 2. The average Bonchev–Trinajstić information content (AvgIpc) is 3.08. The van der Waals surface area contributed by atoms with Gasteiger partial charge >= 0.3 is 11.9 Å². The van der Waals surface area contributed by atoms with E-state index in [2.05, 4.69) is 27.8 Å². The molecular weight excluding hydrogens is 652 g/mol. The molecule has 6 N–H and O–H groups in total. The molecule has 0 bridgehead atoms. The molecule has 1 atom stereocenters. The zero-order valence-electron chi connectivity index (χ0n) is 30.2. The third-order valence-electron chi connectivity index (χ3n) is 7.39. The van der Waals surface area contributed by atoms with Gasteiger partial charge in [-0.2, -0.15) is 0 Å². The quantitative estimate of drug-likeness (QED) is 0.0513. The van der Waals surface area contributed by atoms with Gasteiger partial charge < -0.3 is 50.4 Å². The Balaban J connectivity index is 3.52. The number of carbonyl (C=O) groups is 5. The van der Waals surface area contributed by atoms with E-state index in [-0.39, 0.29) is 70.7 Å². The fourth-order valence-corrected chi connectivity index (χ4v) is 4.62. The standard InChI is InChI=1S/C35H64N4O11/c1-3-18-37-31(40)17-16-30(35(45)46)39-33(42)28-50-26-24-48-22-20-38-32(41)27-49-25-23-47-21-19-36-29(2)14-12-10-8-6-4-5-7-9-11-13-15-34(43)44/h30,36H,2-28H2,1H3,(H,37,40)(H,38,41)(H,39,42)(H,43,44)(H,45,46)/t30-/m0/s1. The molecule has 0 aliphatic heterocycles. The Morgan fingerprint density at radius 1 is 0.560 bits per heavy atom. The second-order valence-electron chi connectivity index (χ2n) is 12.0. The Bertz CT molecular complexity index is 936. The van der Waals surface area contributed by atoms with Crippen LogP contribution >= 0.6 is 0 Å². The first kappa shape index (κ1) is 46.7.